The number of benzene rings is 1. The van der Waals surface area contributed by atoms with Gasteiger partial charge in [-0.25, -0.2) is 4.57 Å². The Hall–Kier alpha value is -2.68. The molecule has 114 valence electrons. The third kappa shape index (κ3) is 2.12. The summed E-state index contributed by atoms with van der Waals surface area (Å²) in [5.41, 5.74) is 6.68. The van der Waals surface area contributed by atoms with Crippen LogP contribution in [0.25, 0.3) is 33.2 Å². The number of hydrogen-bond donors (Lipinski definition) is 0. The molecule has 0 aliphatic rings. The summed E-state index contributed by atoms with van der Waals surface area (Å²) < 4.78 is 8.36. The number of rotatable bonds is 2. The molecule has 0 bridgehead atoms. The topological polar surface area (TPSA) is 29.9 Å². The van der Waals surface area contributed by atoms with E-state index in [9.17, 15) is 0 Å². The van der Waals surface area contributed by atoms with Crippen LogP contribution >= 0.6 is 0 Å². The van der Waals surface area contributed by atoms with E-state index in [2.05, 4.69) is 60.9 Å². The Bertz CT molecular complexity index is 1030. The molecular formula is C20H19N2O+. The Morgan fingerprint density at radius 3 is 2.74 bits per heavy atom. The highest BCUT2D eigenvalue weighted by molar-refractivity contribution is 6.09. The predicted molar refractivity (Wildman–Crippen MR) is 92.2 cm³/mol. The Kier molecular flexibility index (Phi) is 3.15. The standard InChI is InChI=1S/C20H19N2O/c1-4-14-6-8-17(22(3)12-14)19-13(2)5-7-15-16-11-21-10-9-18(16)23-20(15)19/h5-12H,4H2,1-3H3/q+1. The van der Waals surface area contributed by atoms with E-state index in [1.54, 1.807) is 6.20 Å². The van der Waals surface area contributed by atoms with Crippen LogP contribution in [0, 0.1) is 6.92 Å². The van der Waals surface area contributed by atoms with Crippen molar-refractivity contribution in [3.63, 3.8) is 0 Å². The van der Waals surface area contributed by atoms with Crippen LogP contribution < -0.4 is 4.57 Å². The SMILES string of the molecule is CCc1ccc(-c2c(C)ccc3c2oc2ccncc23)[n+](C)c1. The van der Waals surface area contributed by atoms with Gasteiger partial charge < -0.3 is 4.42 Å². The number of aryl methyl sites for hydroxylation is 3. The molecule has 0 spiro atoms. The number of nitrogens with zero attached hydrogens (tertiary/aromatic N) is 2. The molecule has 0 saturated carbocycles. The third-order valence-electron chi connectivity index (χ3n) is 4.51. The molecule has 1 aromatic carbocycles. The zero-order valence-electron chi connectivity index (χ0n) is 13.6. The van der Waals surface area contributed by atoms with E-state index in [1.165, 1.54) is 11.1 Å². The van der Waals surface area contributed by atoms with Crippen molar-refractivity contribution in [2.24, 2.45) is 7.05 Å². The first-order valence-corrected chi connectivity index (χ1v) is 7.94. The average Bonchev–Trinajstić information content (AvgIpc) is 2.94. The molecule has 3 aromatic heterocycles. The maximum atomic E-state index is 6.18. The van der Waals surface area contributed by atoms with Crippen molar-refractivity contribution < 1.29 is 8.98 Å². The molecule has 0 radical (unpaired) electrons. The van der Waals surface area contributed by atoms with Gasteiger partial charge in [0.25, 0.3) is 0 Å². The second-order valence-corrected chi connectivity index (χ2v) is 6.00. The first-order chi connectivity index (χ1) is 11.2. The quantitative estimate of drug-likeness (QED) is 0.515. The van der Waals surface area contributed by atoms with Crippen LogP contribution in [0.3, 0.4) is 0 Å². The summed E-state index contributed by atoms with van der Waals surface area (Å²) in [7, 11) is 2.09. The van der Waals surface area contributed by atoms with E-state index in [0.717, 1.165) is 39.6 Å². The highest BCUT2D eigenvalue weighted by Crippen LogP contribution is 2.36. The molecule has 0 amide bonds. The minimum Gasteiger partial charge on any atom is -0.455 e. The molecule has 0 aliphatic heterocycles. The summed E-state index contributed by atoms with van der Waals surface area (Å²) in [5, 5.41) is 2.19. The van der Waals surface area contributed by atoms with Gasteiger partial charge in [-0.3, -0.25) is 4.98 Å². The molecule has 3 nitrogen and oxygen atoms in total. The molecule has 4 aromatic rings. The highest BCUT2D eigenvalue weighted by atomic mass is 16.3. The Balaban J connectivity index is 2.08. The van der Waals surface area contributed by atoms with Gasteiger partial charge in [0.1, 0.15) is 18.2 Å². The fourth-order valence-corrected chi connectivity index (χ4v) is 3.23. The Morgan fingerprint density at radius 2 is 1.96 bits per heavy atom. The summed E-state index contributed by atoms with van der Waals surface area (Å²) in [6.07, 6.45) is 6.87. The summed E-state index contributed by atoms with van der Waals surface area (Å²) in [4.78, 5) is 4.24. The number of pyridine rings is 2. The number of aromatic nitrogens is 2. The van der Waals surface area contributed by atoms with Gasteiger partial charge in [-0.15, -0.1) is 0 Å². The largest absolute Gasteiger partial charge is 0.455 e. The van der Waals surface area contributed by atoms with E-state index in [0.29, 0.717) is 0 Å². The van der Waals surface area contributed by atoms with Gasteiger partial charge in [-0.1, -0.05) is 19.1 Å². The van der Waals surface area contributed by atoms with E-state index in [-0.39, 0.29) is 0 Å². The van der Waals surface area contributed by atoms with Crippen LogP contribution in [0.2, 0.25) is 0 Å². The van der Waals surface area contributed by atoms with Crippen LogP contribution in [0.5, 0.6) is 0 Å². The molecular weight excluding hydrogens is 284 g/mol. The number of furan rings is 1. The highest BCUT2D eigenvalue weighted by Gasteiger charge is 2.20. The van der Waals surface area contributed by atoms with Gasteiger partial charge in [0.15, 0.2) is 6.20 Å². The number of hydrogen-bond acceptors (Lipinski definition) is 2. The second kappa shape index (κ2) is 5.20. The summed E-state index contributed by atoms with van der Waals surface area (Å²) >= 11 is 0. The minimum absolute atomic E-state index is 0.884. The second-order valence-electron chi connectivity index (χ2n) is 6.00. The first kappa shape index (κ1) is 13.9. The average molecular weight is 303 g/mol. The van der Waals surface area contributed by atoms with Crippen LogP contribution in [0.4, 0.5) is 0 Å². The van der Waals surface area contributed by atoms with Crippen LogP contribution in [0.15, 0.2) is 53.3 Å². The van der Waals surface area contributed by atoms with Crippen molar-refractivity contribution in [3.8, 4) is 11.3 Å². The lowest BCUT2D eigenvalue weighted by atomic mass is 10.0. The van der Waals surface area contributed by atoms with Gasteiger partial charge in [0.2, 0.25) is 5.69 Å². The fourth-order valence-electron chi connectivity index (χ4n) is 3.23. The van der Waals surface area contributed by atoms with Crippen LogP contribution in [-0.4, -0.2) is 4.98 Å². The lowest BCUT2D eigenvalue weighted by Crippen LogP contribution is -2.31. The molecule has 0 N–H and O–H groups in total. The first-order valence-electron chi connectivity index (χ1n) is 7.94. The molecule has 0 aliphatic carbocycles. The molecule has 0 unspecified atom stereocenters. The van der Waals surface area contributed by atoms with Gasteiger partial charge in [0.05, 0.1) is 5.56 Å². The van der Waals surface area contributed by atoms with Crippen LogP contribution in [0.1, 0.15) is 18.1 Å². The zero-order chi connectivity index (χ0) is 16.0. The zero-order valence-corrected chi connectivity index (χ0v) is 13.6. The molecule has 0 fully saturated rings. The third-order valence-corrected chi connectivity index (χ3v) is 4.51. The van der Waals surface area contributed by atoms with Gasteiger partial charge in [-0.2, -0.15) is 0 Å². The van der Waals surface area contributed by atoms with Crippen molar-refractivity contribution >= 4 is 21.9 Å². The summed E-state index contributed by atoms with van der Waals surface area (Å²) in [6.45, 7) is 4.31. The summed E-state index contributed by atoms with van der Waals surface area (Å²) in [6, 6.07) is 10.6. The lowest BCUT2D eigenvalue weighted by Gasteiger charge is -2.06. The summed E-state index contributed by atoms with van der Waals surface area (Å²) in [5.74, 6) is 0. The Labute approximate surface area is 135 Å². The maximum absolute atomic E-state index is 6.18. The van der Waals surface area contributed by atoms with Crippen molar-refractivity contribution in [2.75, 3.05) is 0 Å². The lowest BCUT2D eigenvalue weighted by molar-refractivity contribution is -0.660. The van der Waals surface area contributed by atoms with Gasteiger partial charge in [-0.05, 0) is 31.0 Å². The van der Waals surface area contributed by atoms with Gasteiger partial charge >= 0.3 is 0 Å². The van der Waals surface area contributed by atoms with Crippen molar-refractivity contribution in [1.29, 1.82) is 0 Å². The van der Waals surface area contributed by atoms with Gasteiger partial charge in [0, 0.05) is 34.8 Å². The van der Waals surface area contributed by atoms with E-state index in [4.69, 9.17) is 4.42 Å². The molecule has 4 rings (SSSR count). The predicted octanol–water partition coefficient (Wildman–Crippen LogP) is 4.34. The monoisotopic (exact) mass is 303 g/mol. The maximum Gasteiger partial charge on any atom is 0.216 e. The van der Waals surface area contributed by atoms with E-state index in [1.807, 2.05) is 12.3 Å². The van der Waals surface area contributed by atoms with Crippen molar-refractivity contribution in [3.05, 3.63) is 60.0 Å². The fraction of sp³-hybridized carbons (Fsp3) is 0.200. The normalized spacial score (nSPS) is 11.4. The molecule has 23 heavy (non-hydrogen) atoms. The molecule has 0 saturated heterocycles. The number of fused-ring (bicyclic) bond motifs is 3. The molecule has 3 heterocycles. The minimum atomic E-state index is 0.884. The van der Waals surface area contributed by atoms with Crippen LogP contribution in [-0.2, 0) is 13.5 Å². The van der Waals surface area contributed by atoms with Crippen molar-refractivity contribution in [1.82, 2.24) is 4.98 Å². The van der Waals surface area contributed by atoms with E-state index < -0.39 is 0 Å². The molecule has 3 heteroatoms. The van der Waals surface area contributed by atoms with E-state index >= 15 is 0 Å². The Morgan fingerprint density at radius 1 is 1.09 bits per heavy atom. The van der Waals surface area contributed by atoms with Crippen molar-refractivity contribution in [2.45, 2.75) is 20.3 Å². The smallest absolute Gasteiger partial charge is 0.216 e. The molecule has 0 atom stereocenters.